The van der Waals surface area contributed by atoms with Crippen LogP contribution < -0.4 is 5.32 Å². The Bertz CT molecular complexity index is 1470. The van der Waals surface area contributed by atoms with Crippen molar-refractivity contribution in [2.24, 2.45) is 0 Å². The quantitative estimate of drug-likeness (QED) is 0.392. The average Bonchev–Trinajstić information content (AvgIpc) is 3.53. The van der Waals surface area contributed by atoms with Gasteiger partial charge in [-0.2, -0.15) is 0 Å². The number of aromatic nitrogens is 2. The van der Waals surface area contributed by atoms with Crippen LogP contribution in [0.3, 0.4) is 0 Å². The maximum Gasteiger partial charge on any atom is 0.420 e. The van der Waals surface area contributed by atoms with E-state index in [1.165, 1.54) is 4.57 Å². The number of carbonyl (C=O) groups is 4. The molecule has 4 rings (SSSR count). The number of ether oxygens (including phenoxy) is 1. The number of likely N-dealkylation sites (tertiary alicyclic amines) is 1. The number of halogens is 1. The van der Waals surface area contributed by atoms with Crippen LogP contribution in [-0.4, -0.2) is 62.1 Å². The van der Waals surface area contributed by atoms with E-state index in [2.05, 4.69) is 10.3 Å². The number of carboxylic acids is 1. The van der Waals surface area contributed by atoms with Crippen LogP contribution >= 0.6 is 11.6 Å². The van der Waals surface area contributed by atoms with Crippen LogP contribution in [-0.2, 0) is 9.53 Å². The lowest BCUT2D eigenvalue weighted by Crippen LogP contribution is -2.34. The van der Waals surface area contributed by atoms with Crippen LogP contribution in [0.1, 0.15) is 84.6 Å². The Labute approximate surface area is 237 Å². The van der Waals surface area contributed by atoms with Crippen molar-refractivity contribution in [3.05, 3.63) is 63.9 Å². The summed E-state index contributed by atoms with van der Waals surface area (Å²) >= 11 is 6.16. The van der Waals surface area contributed by atoms with E-state index < -0.39 is 29.6 Å². The highest BCUT2D eigenvalue weighted by Gasteiger charge is 2.29. The minimum absolute atomic E-state index is 0.0363. The highest BCUT2D eigenvalue weighted by Crippen LogP contribution is 2.28. The van der Waals surface area contributed by atoms with Crippen molar-refractivity contribution >= 4 is 46.5 Å². The molecular weight excluding hydrogens is 536 g/mol. The summed E-state index contributed by atoms with van der Waals surface area (Å²) in [5, 5.41) is 12.6. The molecule has 0 radical (unpaired) electrons. The van der Waals surface area contributed by atoms with Crippen LogP contribution in [0.25, 0.3) is 11.0 Å². The molecule has 0 aliphatic carbocycles. The summed E-state index contributed by atoms with van der Waals surface area (Å²) in [7, 11) is 0. The first kappa shape index (κ1) is 29.1. The van der Waals surface area contributed by atoms with Crippen molar-refractivity contribution in [1.82, 2.24) is 19.8 Å². The first-order valence-electron chi connectivity index (χ1n) is 13.2. The molecule has 1 aliphatic rings. The first-order chi connectivity index (χ1) is 18.8. The molecule has 1 aromatic heterocycles. The lowest BCUT2D eigenvalue weighted by atomic mass is 10.0. The lowest BCUT2D eigenvalue weighted by Gasteiger charge is -2.23. The molecule has 2 heterocycles. The predicted molar refractivity (Wildman–Crippen MR) is 150 cm³/mol. The van der Waals surface area contributed by atoms with Gasteiger partial charge in [-0.25, -0.2) is 14.3 Å². The third-order valence-electron chi connectivity index (χ3n) is 6.59. The number of hydrogen-bond donors (Lipinski definition) is 2. The van der Waals surface area contributed by atoms with Crippen LogP contribution in [0.2, 0.25) is 5.02 Å². The Kier molecular flexibility index (Phi) is 8.48. The molecular formula is C29H33ClN4O6. The van der Waals surface area contributed by atoms with E-state index in [1.54, 1.807) is 69.0 Å². The normalized spacial score (nSPS) is 14.3. The Balaban J connectivity index is 1.69. The van der Waals surface area contributed by atoms with Crippen LogP contribution in [0.5, 0.6) is 0 Å². The van der Waals surface area contributed by atoms with E-state index >= 15 is 0 Å². The number of nitrogens with zero attached hydrogens (tertiary/aromatic N) is 3. The number of carbonyl (C=O) groups excluding carboxylic acids is 3. The minimum atomic E-state index is -1.07. The highest BCUT2D eigenvalue weighted by molar-refractivity contribution is 6.31. The van der Waals surface area contributed by atoms with Crippen molar-refractivity contribution in [3.8, 4) is 0 Å². The van der Waals surface area contributed by atoms with E-state index in [0.29, 0.717) is 32.7 Å². The third-order valence-corrected chi connectivity index (χ3v) is 6.83. The van der Waals surface area contributed by atoms with Gasteiger partial charge in [-0.15, -0.1) is 0 Å². The molecule has 0 bridgehead atoms. The monoisotopic (exact) mass is 568 g/mol. The molecule has 0 saturated carbocycles. The zero-order chi connectivity index (χ0) is 29.2. The zero-order valence-electron chi connectivity index (χ0n) is 23.0. The number of aliphatic carboxylic acids is 1. The Hall–Kier alpha value is -3.92. The van der Waals surface area contributed by atoms with E-state index in [4.69, 9.17) is 16.3 Å². The molecule has 1 saturated heterocycles. The van der Waals surface area contributed by atoms with E-state index in [1.807, 2.05) is 0 Å². The number of aryl methyl sites for hydroxylation is 1. The Morgan fingerprint density at radius 2 is 1.80 bits per heavy atom. The van der Waals surface area contributed by atoms with Crippen molar-refractivity contribution < 1.29 is 29.0 Å². The number of nitrogens with one attached hydrogen (secondary N) is 1. The van der Waals surface area contributed by atoms with Gasteiger partial charge in [0, 0.05) is 35.7 Å². The summed E-state index contributed by atoms with van der Waals surface area (Å²) in [6.07, 6.45) is 0.909. The van der Waals surface area contributed by atoms with Crippen molar-refractivity contribution in [1.29, 1.82) is 0 Å². The average molecular weight is 569 g/mol. The summed E-state index contributed by atoms with van der Waals surface area (Å²) in [6, 6.07) is 8.68. The fraction of sp³-hybridized carbons (Fsp3) is 0.414. The van der Waals surface area contributed by atoms with Crippen LogP contribution in [0, 0.1) is 6.92 Å². The fourth-order valence-corrected chi connectivity index (χ4v) is 4.88. The van der Waals surface area contributed by atoms with Gasteiger partial charge in [0.05, 0.1) is 17.1 Å². The minimum Gasteiger partial charge on any atom is -0.481 e. The standard InChI is InChI=1S/C29H33ClN4O6/c1-17-15-18(7-9-20(17)27(38)33-13-5-6-14-33)26(37)32-21(10-12-24(35)36)25-31-22-16-19(30)8-11-23(22)34(25)28(39)40-29(2,3)4/h7-9,11,15-16,21H,5-6,10,12-14H2,1-4H3,(H,32,37)(H,35,36). The van der Waals surface area contributed by atoms with Gasteiger partial charge in [-0.1, -0.05) is 11.6 Å². The summed E-state index contributed by atoms with van der Waals surface area (Å²) in [5.74, 6) is -1.51. The smallest absolute Gasteiger partial charge is 0.420 e. The number of fused-ring (bicyclic) bond motifs is 1. The molecule has 2 amide bonds. The second kappa shape index (κ2) is 11.7. The van der Waals surface area contributed by atoms with Gasteiger partial charge in [0.2, 0.25) is 0 Å². The molecule has 2 N–H and O–H groups in total. The summed E-state index contributed by atoms with van der Waals surface area (Å²) < 4.78 is 6.85. The number of hydrogen-bond acceptors (Lipinski definition) is 6. The van der Waals surface area contributed by atoms with Gasteiger partial charge in [-0.3, -0.25) is 14.4 Å². The summed E-state index contributed by atoms with van der Waals surface area (Å²) in [6.45, 7) is 8.39. The van der Waals surface area contributed by atoms with Gasteiger partial charge >= 0.3 is 12.1 Å². The fourth-order valence-electron chi connectivity index (χ4n) is 4.72. The number of imidazole rings is 1. The number of rotatable bonds is 7. The molecule has 40 heavy (non-hydrogen) atoms. The number of amides is 2. The van der Waals surface area contributed by atoms with Gasteiger partial charge in [0.25, 0.3) is 11.8 Å². The molecule has 0 spiro atoms. The second-order valence-electron chi connectivity index (χ2n) is 10.9. The highest BCUT2D eigenvalue weighted by atomic mass is 35.5. The Morgan fingerprint density at radius 3 is 2.42 bits per heavy atom. The lowest BCUT2D eigenvalue weighted by molar-refractivity contribution is -0.137. The maximum atomic E-state index is 13.4. The van der Waals surface area contributed by atoms with Crippen LogP contribution in [0.4, 0.5) is 4.79 Å². The van der Waals surface area contributed by atoms with Gasteiger partial charge in [0.15, 0.2) is 0 Å². The van der Waals surface area contributed by atoms with Crippen LogP contribution in [0.15, 0.2) is 36.4 Å². The van der Waals surface area contributed by atoms with Crippen molar-refractivity contribution in [3.63, 3.8) is 0 Å². The molecule has 3 aromatic rings. The van der Waals surface area contributed by atoms with Gasteiger partial charge < -0.3 is 20.1 Å². The number of carboxylic acid groups (broad SMARTS) is 1. The van der Waals surface area contributed by atoms with E-state index in [9.17, 15) is 24.3 Å². The van der Waals surface area contributed by atoms with E-state index in [0.717, 1.165) is 25.9 Å². The summed E-state index contributed by atoms with van der Waals surface area (Å²) in [4.78, 5) is 57.4. The topological polar surface area (TPSA) is 131 Å². The van der Waals surface area contributed by atoms with Gasteiger partial charge in [0.1, 0.15) is 11.4 Å². The molecule has 11 heteroatoms. The molecule has 10 nitrogen and oxygen atoms in total. The zero-order valence-corrected chi connectivity index (χ0v) is 23.7. The Morgan fingerprint density at radius 1 is 1.10 bits per heavy atom. The number of benzene rings is 2. The predicted octanol–water partition coefficient (Wildman–Crippen LogP) is 5.35. The second-order valence-corrected chi connectivity index (χ2v) is 11.3. The molecule has 1 unspecified atom stereocenters. The van der Waals surface area contributed by atoms with Gasteiger partial charge in [-0.05, 0) is 88.9 Å². The van der Waals surface area contributed by atoms with E-state index in [-0.39, 0.29) is 24.6 Å². The molecule has 2 aromatic carbocycles. The largest absolute Gasteiger partial charge is 0.481 e. The first-order valence-corrected chi connectivity index (χ1v) is 13.6. The summed E-state index contributed by atoms with van der Waals surface area (Å²) in [5.41, 5.74) is 1.46. The third kappa shape index (κ3) is 6.62. The maximum absolute atomic E-state index is 13.4. The van der Waals surface area contributed by atoms with Crippen molar-refractivity contribution in [2.75, 3.05) is 13.1 Å². The molecule has 1 fully saturated rings. The molecule has 1 aliphatic heterocycles. The van der Waals surface area contributed by atoms with Crippen molar-refractivity contribution in [2.45, 2.75) is 65.0 Å². The molecule has 1 atom stereocenters. The molecule has 212 valence electrons. The SMILES string of the molecule is Cc1cc(C(=O)NC(CCC(=O)O)c2nc3cc(Cl)ccc3n2C(=O)OC(C)(C)C)ccc1C(=O)N1CCCC1.